The van der Waals surface area contributed by atoms with Gasteiger partial charge in [-0.3, -0.25) is 9.10 Å². The Morgan fingerprint density at radius 1 is 1.03 bits per heavy atom. The Morgan fingerprint density at radius 2 is 1.74 bits per heavy atom. The molecule has 0 aromatic heterocycles. The monoisotopic (exact) mass is 516 g/mol. The number of carbonyl (C=O) groups excluding carboxylic acids is 1. The van der Waals surface area contributed by atoms with Crippen LogP contribution in [0.3, 0.4) is 0 Å². The number of sulfonamides is 1. The third-order valence-electron chi connectivity index (χ3n) is 4.88. The van der Waals surface area contributed by atoms with E-state index < -0.39 is 22.5 Å². The van der Waals surface area contributed by atoms with Crippen molar-refractivity contribution in [3.63, 3.8) is 0 Å². The first-order valence-electron chi connectivity index (χ1n) is 11.2. The Labute approximate surface area is 211 Å². The lowest BCUT2D eigenvalue weighted by Gasteiger charge is -2.26. The molecule has 1 amide bonds. The highest BCUT2D eigenvalue weighted by Crippen LogP contribution is 2.32. The van der Waals surface area contributed by atoms with E-state index in [1.54, 1.807) is 31.2 Å². The van der Waals surface area contributed by atoms with Crippen LogP contribution in [0.5, 0.6) is 11.5 Å². The minimum atomic E-state index is -4.10. The second-order valence-corrected chi connectivity index (χ2v) is 10.3. The molecule has 0 saturated heterocycles. The molecule has 0 bridgehead atoms. The summed E-state index contributed by atoms with van der Waals surface area (Å²) in [5.41, 5.74) is 1.10. The minimum absolute atomic E-state index is 0.0135. The first kappa shape index (κ1) is 26.4. The van der Waals surface area contributed by atoms with Crippen LogP contribution in [0, 0.1) is 0 Å². The van der Waals surface area contributed by atoms with Gasteiger partial charge in [-0.05, 0) is 74.9 Å². The predicted molar refractivity (Wildman–Crippen MR) is 138 cm³/mol. The number of nitrogens with one attached hydrogen (secondary N) is 1. The van der Waals surface area contributed by atoms with Gasteiger partial charge < -0.3 is 14.8 Å². The summed E-state index contributed by atoms with van der Waals surface area (Å²) in [7, 11) is -4.10. The molecular weight excluding hydrogens is 488 g/mol. The van der Waals surface area contributed by atoms with Gasteiger partial charge in [-0.1, -0.05) is 35.9 Å². The number of amides is 1. The highest BCUT2D eigenvalue weighted by Gasteiger charge is 2.29. The van der Waals surface area contributed by atoms with Crippen molar-refractivity contribution in [3.8, 4) is 11.5 Å². The number of ether oxygens (including phenoxy) is 2. The molecule has 0 aliphatic heterocycles. The van der Waals surface area contributed by atoms with Crippen molar-refractivity contribution in [1.82, 2.24) is 5.32 Å². The maximum Gasteiger partial charge on any atom is 0.264 e. The average Bonchev–Trinajstić information content (AvgIpc) is 2.82. The summed E-state index contributed by atoms with van der Waals surface area (Å²) in [6.45, 7) is 5.80. The van der Waals surface area contributed by atoms with Crippen LogP contribution in [-0.2, 0) is 21.4 Å². The number of para-hydroxylation sites is 2. The van der Waals surface area contributed by atoms with Gasteiger partial charge in [0.2, 0.25) is 5.91 Å². The Hall–Kier alpha value is -3.23. The van der Waals surface area contributed by atoms with Crippen molar-refractivity contribution in [2.24, 2.45) is 0 Å². The summed E-state index contributed by atoms with van der Waals surface area (Å²) >= 11 is 5.95. The van der Waals surface area contributed by atoms with Crippen LogP contribution in [-0.4, -0.2) is 33.6 Å². The van der Waals surface area contributed by atoms with E-state index in [1.807, 2.05) is 38.1 Å². The van der Waals surface area contributed by atoms with Gasteiger partial charge in [0, 0.05) is 11.6 Å². The molecule has 0 atom stereocenters. The van der Waals surface area contributed by atoms with E-state index in [9.17, 15) is 13.2 Å². The standard InChI is InChI=1S/C26H29ClN2O5S/c1-4-33-25-11-6-5-10-24(25)29(35(31,32)23-14-12-21(27)13-15-23)18-26(30)28-17-20-8-7-9-22(16-20)34-19(2)3/h5-16,19H,4,17-18H2,1-3H3,(H,28,30). The Kier molecular flexibility index (Phi) is 9.01. The number of carbonyl (C=O) groups is 1. The van der Waals surface area contributed by atoms with Crippen LogP contribution in [0.15, 0.2) is 77.7 Å². The molecule has 3 aromatic rings. The lowest BCUT2D eigenvalue weighted by molar-refractivity contribution is -0.119. The molecule has 0 unspecified atom stereocenters. The second-order valence-electron chi connectivity index (χ2n) is 7.96. The van der Waals surface area contributed by atoms with Crippen LogP contribution in [0.25, 0.3) is 0 Å². The quantitative estimate of drug-likeness (QED) is 0.386. The number of halogens is 1. The normalized spacial score (nSPS) is 11.2. The number of hydrogen-bond donors (Lipinski definition) is 1. The van der Waals surface area contributed by atoms with Crippen LogP contribution in [0.4, 0.5) is 5.69 Å². The van der Waals surface area contributed by atoms with Crippen molar-refractivity contribution >= 4 is 33.2 Å². The number of rotatable bonds is 11. The van der Waals surface area contributed by atoms with Crippen molar-refractivity contribution in [2.75, 3.05) is 17.5 Å². The molecule has 0 aliphatic carbocycles. The van der Waals surface area contributed by atoms with Crippen LogP contribution < -0.4 is 19.1 Å². The SMILES string of the molecule is CCOc1ccccc1N(CC(=O)NCc1cccc(OC(C)C)c1)S(=O)(=O)c1ccc(Cl)cc1. The molecule has 0 spiro atoms. The first-order chi connectivity index (χ1) is 16.7. The zero-order chi connectivity index (χ0) is 25.4. The van der Waals surface area contributed by atoms with Gasteiger partial charge in [-0.15, -0.1) is 0 Å². The van der Waals surface area contributed by atoms with Gasteiger partial charge in [-0.25, -0.2) is 8.42 Å². The molecule has 186 valence electrons. The number of hydrogen-bond acceptors (Lipinski definition) is 5. The van der Waals surface area contributed by atoms with E-state index in [0.29, 0.717) is 23.1 Å². The highest BCUT2D eigenvalue weighted by atomic mass is 35.5. The zero-order valence-corrected chi connectivity index (χ0v) is 21.5. The fourth-order valence-electron chi connectivity index (χ4n) is 3.36. The van der Waals surface area contributed by atoms with Gasteiger partial charge in [-0.2, -0.15) is 0 Å². The van der Waals surface area contributed by atoms with Crippen molar-refractivity contribution in [3.05, 3.63) is 83.4 Å². The molecule has 0 fully saturated rings. The third-order valence-corrected chi connectivity index (χ3v) is 6.91. The average molecular weight is 517 g/mol. The van der Waals surface area contributed by atoms with Gasteiger partial charge in [0.05, 0.1) is 23.3 Å². The number of anilines is 1. The first-order valence-corrected chi connectivity index (χ1v) is 13.0. The molecular formula is C26H29ClN2O5S. The molecule has 0 saturated carbocycles. The largest absolute Gasteiger partial charge is 0.492 e. The van der Waals surface area contributed by atoms with E-state index in [1.165, 1.54) is 24.3 Å². The van der Waals surface area contributed by atoms with E-state index >= 15 is 0 Å². The van der Waals surface area contributed by atoms with E-state index in [0.717, 1.165) is 9.87 Å². The lowest BCUT2D eigenvalue weighted by atomic mass is 10.2. The topological polar surface area (TPSA) is 84.9 Å². The van der Waals surface area contributed by atoms with Crippen molar-refractivity contribution in [1.29, 1.82) is 0 Å². The predicted octanol–water partition coefficient (Wildman–Crippen LogP) is 5.04. The summed E-state index contributed by atoms with van der Waals surface area (Å²) in [6.07, 6.45) is 0.0249. The molecule has 9 heteroatoms. The molecule has 0 radical (unpaired) electrons. The molecule has 7 nitrogen and oxygen atoms in total. The van der Waals surface area contributed by atoms with Gasteiger partial charge >= 0.3 is 0 Å². The molecule has 35 heavy (non-hydrogen) atoms. The summed E-state index contributed by atoms with van der Waals surface area (Å²) in [5, 5.41) is 3.21. The van der Waals surface area contributed by atoms with E-state index in [4.69, 9.17) is 21.1 Å². The number of benzene rings is 3. The fourth-order valence-corrected chi connectivity index (χ4v) is 4.92. The van der Waals surface area contributed by atoms with Crippen LogP contribution in [0.1, 0.15) is 26.3 Å². The molecule has 1 N–H and O–H groups in total. The summed E-state index contributed by atoms with van der Waals surface area (Å²) in [6, 6.07) is 19.9. The summed E-state index contributed by atoms with van der Waals surface area (Å²) < 4.78 is 39.6. The Bertz CT molecular complexity index is 1250. The summed E-state index contributed by atoms with van der Waals surface area (Å²) in [4.78, 5) is 13.0. The van der Waals surface area contributed by atoms with Crippen LogP contribution >= 0.6 is 11.6 Å². The van der Waals surface area contributed by atoms with Crippen molar-refractivity contribution < 1.29 is 22.7 Å². The minimum Gasteiger partial charge on any atom is -0.492 e. The Balaban J connectivity index is 1.86. The lowest BCUT2D eigenvalue weighted by Crippen LogP contribution is -2.40. The van der Waals surface area contributed by atoms with E-state index in [-0.39, 0.29) is 23.2 Å². The summed E-state index contributed by atoms with van der Waals surface area (Å²) in [5.74, 6) is 0.590. The second kappa shape index (κ2) is 12.0. The Morgan fingerprint density at radius 3 is 2.43 bits per heavy atom. The smallest absolute Gasteiger partial charge is 0.264 e. The van der Waals surface area contributed by atoms with Crippen molar-refractivity contribution in [2.45, 2.75) is 38.3 Å². The molecule has 3 rings (SSSR count). The molecule has 0 aliphatic rings. The number of nitrogens with zero attached hydrogens (tertiary/aromatic N) is 1. The highest BCUT2D eigenvalue weighted by molar-refractivity contribution is 7.92. The van der Waals surface area contributed by atoms with Gasteiger partial charge in [0.1, 0.15) is 18.0 Å². The van der Waals surface area contributed by atoms with Gasteiger partial charge in [0.25, 0.3) is 10.0 Å². The van der Waals surface area contributed by atoms with Crippen LogP contribution in [0.2, 0.25) is 5.02 Å². The molecule has 0 heterocycles. The molecule has 3 aromatic carbocycles. The maximum atomic E-state index is 13.6. The van der Waals surface area contributed by atoms with E-state index in [2.05, 4.69) is 5.32 Å². The zero-order valence-electron chi connectivity index (χ0n) is 19.9. The third kappa shape index (κ3) is 7.13. The fraction of sp³-hybridized carbons (Fsp3) is 0.269. The maximum absolute atomic E-state index is 13.6. The van der Waals surface area contributed by atoms with Gasteiger partial charge in [0.15, 0.2) is 0 Å².